The van der Waals surface area contributed by atoms with Crippen LogP contribution in [0.2, 0.25) is 0 Å². The highest BCUT2D eigenvalue weighted by Gasteiger charge is 2.22. The highest BCUT2D eigenvalue weighted by Crippen LogP contribution is 2.35. The van der Waals surface area contributed by atoms with Gasteiger partial charge in [0.25, 0.3) is 0 Å². The summed E-state index contributed by atoms with van der Waals surface area (Å²) in [5, 5.41) is 0. The average molecular weight is 296 g/mol. The predicted octanol–water partition coefficient (Wildman–Crippen LogP) is 2.74. The lowest BCUT2D eigenvalue weighted by Gasteiger charge is -2.27. The summed E-state index contributed by atoms with van der Waals surface area (Å²) >= 11 is 2.05. The molecule has 5 heteroatoms. The summed E-state index contributed by atoms with van der Waals surface area (Å²) in [6, 6.07) is 6.04. The number of hydrogen-bond donors (Lipinski definition) is 2. The summed E-state index contributed by atoms with van der Waals surface area (Å²) in [4.78, 5) is 0. The first-order chi connectivity index (χ1) is 9.78. The van der Waals surface area contributed by atoms with Crippen LogP contribution in [0.25, 0.3) is 0 Å². The van der Waals surface area contributed by atoms with E-state index in [0.717, 1.165) is 29.4 Å². The number of hydrogen-bond acceptors (Lipinski definition) is 5. The summed E-state index contributed by atoms with van der Waals surface area (Å²) in [6.07, 6.45) is 3.61. The molecule has 1 aromatic rings. The fraction of sp³-hybridized carbons (Fsp3) is 0.600. The van der Waals surface area contributed by atoms with Crippen LogP contribution < -0.4 is 20.7 Å². The maximum absolute atomic E-state index is 5.77. The first-order valence-corrected chi connectivity index (χ1v) is 8.19. The lowest BCUT2D eigenvalue weighted by atomic mass is 9.90. The van der Waals surface area contributed by atoms with E-state index in [2.05, 4.69) is 5.43 Å². The number of ether oxygens (including phenoxy) is 2. The quantitative estimate of drug-likeness (QED) is 0.624. The van der Waals surface area contributed by atoms with Crippen molar-refractivity contribution < 1.29 is 9.47 Å². The van der Waals surface area contributed by atoms with Gasteiger partial charge < -0.3 is 9.47 Å². The van der Waals surface area contributed by atoms with Crippen LogP contribution in [0.4, 0.5) is 0 Å². The van der Waals surface area contributed by atoms with Crippen molar-refractivity contribution in [3.05, 3.63) is 23.8 Å². The summed E-state index contributed by atoms with van der Waals surface area (Å²) in [7, 11) is 3.34. The lowest BCUT2D eigenvalue weighted by molar-refractivity contribution is 0.352. The standard InChI is InChI=1S/C15H24N2O2S/c1-18-12-3-4-13(15(10-12)19-2)14(17-16)9-11-5-7-20-8-6-11/h3-4,10-11,14,17H,5-9,16H2,1-2H3. The van der Waals surface area contributed by atoms with Gasteiger partial charge in [0.2, 0.25) is 0 Å². The van der Waals surface area contributed by atoms with Crippen molar-refractivity contribution in [2.45, 2.75) is 25.3 Å². The van der Waals surface area contributed by atoms with Crippen LogP contribution in [0.3, 0.4) is 0 Å². The topological polar surface area (TPSA) is 56.5 Å². The third-order valence-electron chi connectivity index (χ3n) is 3.93. The fourth-order valence-corrected chi connectivity index (χ4v) is 3.91. The molecule has 0 bridgehead atoms. The minimum atomic E-state index is 0.129. The van der Waals surface area contributed by atoms with E-state index in [-0.39, 0.29) is 6.04 Å². The van der Waals surface area contributed by atoms with Gasteiger partial charge in [0.05, 0.1) is 14.2 Å². The van der Waals surface area contributed by atoms with Gasteiger partial charge in [-0.25, -0.2) is 0 Å². The van der Waals surface area contributed by atoms with Crippen molar-refractivity contribution in [2.75, 3.05) is 25.7 Å². The van der Waals surface area contributed by atoms with Crippen molar-refractivity contribution in [3.63, 3.8) is 0 Å². The molecule has 1 heterocycles. The molecular formula is C15H24N2O2S. The number of thioether (sulfide) groups is 1. The Balaban J connectivity index is 2.13. The van der Waals surface area contributed by atoms with Crippen LogP contribution in [-0.4, -0.2) is 25.7 Å². The SMILES string of the molecule is COc1ccc(C(CC2CCSCC2)NN)c(OC)c1. The van der Waals surface area contributed by atoms with E-state index < -0.39 is 0 Å². The summed E-state index contributed by atoms with van der Waals surface area (Å²) in [6.45, 7) is 0. The van der Waals surface area contributed by atoms with Gasteiger partial charge >= 0.3 is 0 Å². The number of rotatable bonds is 6. The van der Waals surface area contributed by atoms with Gasteiger partial charge in [0.1, 0.15) is 11.5 Å². The summed E-state index contributed by atoms with van der Waals surface area (Å²) in [5.41, 5.74) is 4.06. The minimum absolute atomic E-state index is 0.129. The largest absolute Gasteiger partial charge is 0.497 e. The zero-order valence-electron chi connectivity index (χ0n) is 12.2. The van der Waals surface area contributed by atoms with Crippen LogP contribution in [-0.2, 0) is 0 Å². The molecule has 0 amide bonds. The molecule has 112 valence electrons. The van der Waals surface area contributed by atoms with E-state index in [9.17, 15) is 0 Å². The van der Waals surface area contributed by atoms with Gasteiger partial charge in [-0.1, -0.05) is 6.07 Å². The lowest BCUT2D eigenvalue weighted by Crippen LogP contribution is -2.30. The van der Waals surface area contributed by atoms with Gasteiger partial charge in [-0.05, 0) is 42.8 Å². The maximum Gasteiger partial charge on any atom is 0.127 e. The number of nitrogens with one attached hydrogen (secondary N) is 1. The van der Waals surface area contributed by atoms with Crippen molar-refractivity contribution in [1.82, 2.24) is 5.43 Å². The first-order valence-electron chi connectivity index (χ1n) is 7.04. The minimum Gasteiger partial charge on any atom is -0.497 e. The third-order valence-corrected chi connectivity index (χ3v) is 4.98. The molecule has 0 saturated carbocycles. The predicted molar refractivity (Wildman–Crippen MR) is 84.3 cm³/mol. The molecule has 1 saturated heterocycles. The highest BCUT2D eigenvalue weighted by molar-refractivity contribution is 7.99. The van der Waals surface area contributed by atoms with Gasteiger partial charge in [0.15, 0.2) is 0 Å². The van der Waals surface area contributed by atoms with Gasteiger partial charge in [0, 0.05) is 17.7 Å². The van der Waals surface area contributed by atoms with Crippen molar-refractivity contribution in [2.24, 2.45) is 11.8 Å². The Bertz CT molecular complexity index is 422. The third kappa shape index (κ3) is 3.81. The van der Waals surface area contributed by atoms with E-state index in [4.69, 9.17) is 15.3 Å². The van der Waals surface area contributed by atoms with Crippen LogP contribution in [0, 0.1) is 5.92 Å². The Kier molecular flexibility index (Phi) is 6.01. The molecule has 0 radical (unpaired) electrons. The fourth-order valence-electron chi connectivity index (χ4n) is 2.71. The monoisotopic (exact) mass is 296 g/mol. The zero-order valence-corrected chi connectivity index (χ0v) is 13.0. The average Bonchev–Trinajstić information content (AvgIpc) is 2.53. The van der Waals surface area contributed by atoms with Crippen molar-refractivity contribution in [3.8, 4) is 11.5 Å². The molecule has 20 heavy (non-hydrogen) atoms. The Labute approximate surface area is 125 Å². The smallest absolute Gasteiger partial charge is 0.127 e. The molecule has 0 aliphatic carbocycles. The number of hydrazine groups is 1. The molecule has 3 N–H and O–H groups in total. The Hall–Kier alpha value is -0.910. The molecule has 1 aliphatic heterocycles. The van der Waals surface area contributed by atoms with Crippen molar-refractivity contribution >= 4 is 11.8 Å². The van der Waals surface area contributed by atoms with E-state index in [1.165, 1.54) is 24.3 Å². The molecular weight excluding hydrogens is 272 g/mol. The molecule has 1 unspecified atom stereocenters. The molecule has 1 atom stereocenters. The van der Waals surface area contributed by atoms with Gasteiger partial charge in [-0.3, -0.25) is 11.3 Å². The van der Waals surface area contributed by atoms with Crippen molar-refractivity contribution in [1.29, 1.82) is 0 Å². The molecule has 1 aromatic carbocycles. The van der Waals surface area contributed by atoms with Crippen LogP contribution in [0.15, 0.2) is 18.2 Å². The maximum atomic E-state index is 5.77. The summed E-state index contributed by atoms with van der Waals surface area (Å²) in [5.74, 6) is 10.7. The van der Waals surface area contributed by atoms with E-state index in [0.29, 0.717) is 0 Å². The number of methoxy groups -OCH3 is 2. The Morgan fingerprint density at radius 2 is 2.05 bits per heavy atom. The second-order valence-electron chi connectivity index (χ2n) is 5.12. The van der Waals surface area contributed by atoms with Gasteiger partial charge in [-0.15, -0.1) is 0 Å². The first kappa shape index (κ1) is 15.5. The Morgan fingerprint density at radius 1 is 1.30 bits per heavy atom. The highest BCUT2D eigenvalue weighted by atomic mass is 32.2. The van der Waals surface area contributed by atoms with E-state index in [1.807, 2.05) is 30.0 Å². The van der Waals surface area contributed by atoms with E-state index >= 15 is 0 Å². The number of nitrogens with two attached hydrogens (primary N) is 1. The number of benzene rings is 1. The molecule has 2 rings (SSSR count). The second kappa shape index (κ2) is 7.76. The Morgan fingerprint density at radius 3 is 2.65 bits per heavy atom. The second-order valence-corrected chi connectivity index (χ2v) is 6.34. The molecule has 0 spiro atoms. The molecule has 1 fully saturated rings. The molecule has 1 aliphatic rings. The van der Waals surface area contributed by atoms with Crippen LogP contribution in [0.1, 0.15) is 30.9 Å². The zero-order chi connectivity index (χ0) is 14.4. The van der Waals surface area contributed by atoms with E-state index in [1.54, 1.807) is 14.2 Å². The van der Waals surface area contributed by atoms with Crippen LogP contribution >= 0.6 is 11.8 Å². The normalized spacial score (nSPS) is 17.8. The molecule has 0 aromatic heterocycles. The van der Waals surface area contributed by atoms with Crippen LogP contribution in [0.5, 0.6) is 11.5 Å². The summed E-state index contributed by atoms with van der Waals surface area (Å²) < 4.78 is 10.7. The van der Waals surface area contributed by atoms with Gasteiger partial charge in [-0.2, -0.15) is 11.8 Å². The molecule has 4 nitrogen and oxygen atoms in total.